The van der Waals surface area contributed by atoms with Crippen LogP contribution in [0.25, 0.3) is 5.70 Å². The van der Waals surface area contributed by atoms with E-state index in [-0.39, 0.29) is 18.8 Å². The highest BCUT2D eigenvalue weighted by atomic mass is 16.5. The Labute approximate surface area is 130 Å². The molecule has 0 aliphatic heterocycles. The normalized spacial score (nSPS) is 11.8. The van der Waals surface area contributed by atoms with Gasteiger partial charge in [0.25, 0.3) is 0 Å². The summed E-state index contributed by atoms with van der Waals surface area (Å²) in [4.78, 5) is 23.6. The molecule has 0 heterocycles. The van der Waals surface area contributed by atoms with Crippen molar-refractivity contribution >= 4 is 17.6 Å². The van der Waals surface area contributed by atoms with Gasteiger partial charge in [-0.3, -0.25) is 0 Å². The van der Waals surface area contributed by atoms with Crippen molar-refractivity contribution < 1.29 is 19.1 Å². The number of benzene rings is 1. The Morgan fingerprint density at radius 1 is 1.05 bits per heavy atom. The zero-order chi connectivity index (χ0) is 16.4. The summed E-state index contributed by atoms with van der Waals surface area (Å²) in [6.07, 6.45) is 2.63. The van der Waals surface area contributed by atoms with Gasteiger partial charge < -0.3 is 14.8 Å². The van der Waals surface area contributed by atoms with Gasteiger partial charge in [-0.2, -0.15) is 0 Å². The first-order chi connectivity index (χ1) is 10.6. The van der Waals surface area contributed by atoms with Gasteiger partial charge in [0.15, 0.2) is 0 Å². The van der Waals surface area contributed by atoms with E-state index in [0.29, 0.717) is 5.70 Å². The first kappa shape index (κ1) is 17.5. The third kappa shape index (κ3) is 5.09. The third-order valence-electron chi connectivity index (χ3n) is 2.75. The summed E-state index contributed by atoms with van der Waals surface area (Å²) in [6, 6.07) is 9.34. The molecule has 5 heteroatoms. The topological polar surface area (TPSA) is 64.6 Å². The molecular formula is C17H21NO4. The minimum Gasteiger partial charge on any atom is -0.463 e. The van der Waals surface area contributed by atoms with E-state index < -0.39 is 11.9 Å². The maximum atomic E-state index is 12.2. The van der Waals surface area contributed by atoms with Gasteiger partial charge >= 0.3 is 11.9 Å². The summed E-state index contributed by atoms with van der Waals surface area (Å²) in [5, 5.41) is 2.99. The summed E-state index contributed by atoms with van der Waals surface area (Å²) in [7, 11) is 1.71. The molecular weight excluding hydrogens is 282 g/mol. The maximum absolute atomic E-state index is 12.2. The van der Waals surface area contributed by atoms with Crippen molar-refractivity contribution in [3.63, 3.8) is 0 Å². The van der Waals surface area contributed by atoms with Crippen molar-refractivity contribution in [3.05, 3.63) is 53.6 Å². The Hall–Kier alpha value is -2.56. The van der Waals surface area contributed by atoms with Crippen LogP contribution in [0, 0.1) is 0 Å². The van der Waals surface area contributed by atoms with Crippen molar-refractivity contribution in [2.45, 2.75) is 13.8 Å². The number of rotatable bonds is 7. The van der Waals surface area contributed by atoms with Crippen molar-refractivity contribution in [1.82, 2.24) is 5.32 Å². The van der Waals surface area contributed by atoms with Crippen molar-refractivity contribution in [1.29, 1.82) is 0 Å². The largest absolute Gasteiger partial charge is 0.463 e. The van der Waals surface area contributed by atoms with E-state index >= 15 is 0 Å². The molecule has 118 valence electrons. The van der Waals surface area contributed by atoms with Gasteiger partial charge in [-0.05, 0) is 25.5 Å². The molecule has 0 saturated heterocycles. The quantitative estimate of drug-likeness (QED) is 0.476. The minimum absolute atomic E-state index is 0.251. The molecule has 0 aliphatic carbocycles. The van der Waals surface area contributed by atoms with E-state index in [1.54, 1.807) is 20.9 Å². The van der Waals surface area contributed by atoms with Crippen LogP contribution < -0.4 is 5.32 Å². The number of hydrogen-bond donors (Lipinski definition) is 1. The molecule has 22 heavy (non-hydrogen) atoms. The number of carbonyl (C=O) groups is 2. The molecule has 1 aromatic carbocycles. The van der Waals surface area contributed by atoms with Crippen LogP contribution in [0.2, 0.25) is 0 Å². The molecule has 1 N–H and O–H groups in total. The zero-order valence-corrected chi connectivity index (χ0v) is 13.1. The first-order valence-corrected chi connectivity index (χ1v) is 7.13. The summed E-state index contributed by atoms with van der Waals surface area (Å²) in [5.41, 5.74) is 1.67. The summed E-state index contributed by atoms with van der Waals surface area (Å²) in [6.45, 7) is 3.98. The van der Waals surface area contributed by atoms with Gasteiger partial charge in [-0.1, -0.05) is 30.3 Å². The van der Waals surface area contributed by atoms with Gasteiger partial charge in [-0.15, -0.1) is 0 Å². The molecule has 0 bridgehead atoms. The fraction of sp³-hybridized carbons (Fsp3) is 0.294. The van der Waals surface area contributed by atoms with E-state index in [0.717, 1.165) is 5.56 Å². The Bertz CT molecular complexity index is 561. The van der Waals surface area contributed by atoms with Crippen LogP contribution in [0.1, 0.15) is 19.4 Å². The Morgan fingerprint density at radius 2 is 1.68 bits per heavy atom. The Balaban J connectivity index is 3.24. The monoisotopic (exact) mass is 303 g/mol. The van der Waals surface area contributed by atoms with Crippen LogP contribution >= 0.6 is 0 Å². The predicted octanol–water partition coefficient (Wildman–Crippen LogP) is 2.30. The first-order valence-electron chi connectivity index (χ1n) is 7.13. The highest BCUT2D eigenvalue weighted by molar-refractivity contribution is 6.01. The molecule has 0 aliphatic rings. The minimum atomic E-state index is -0.507. The second-order valence-electron chi connectivity index (χ2n) is 4.21. The van der Waals surface area contributed by atoms with Crippen LogP contribution in [0.4, 0.5) is 0 Å². The van der Waals surface area contributed by atoms with Crippen LogP contribution in [0.15, 0.2) is 48.1 Å². The number of carbonyl (C=O) groups excluding carboxylic acids is 2. The molecule has 0 radical (unpaired) electrons. The fourth-order valence-electron chi connectivity index (χ4n) is 1.84. The zero-order valence-electron chi connectivity index (χ0n) is 13.1. The molecule has 0 unspecified atom stereocenters. The molecule has 0 spiro atoms. The average molecular weight is 303 g/mol. The van der Waals surface area contributed by atoms with Crippen LogP contribution in [0.3, 0.4) is 0 Å². The van der Waals surface area contributed by atoms with Crippen LogP contribution in [-0.4, -0.2) is 32.2 Å². The van der Waals surface area contributed by atoms with Crippen molar-refractivity contribution in [2.24, 2.45) is 0 Å². The predicted molar refractivity (Wildman–Crippen MR) is 84.8 cm³/mol. The van der Waals surface area contributed by atoms with E-state index in [1.807, 2.05) is 30.3 Å². The molecule has 0 saturated carbocycles. The third-order valence-corrected chi connectivity index (χ3v) is 2.75. The summed E-state index contributed by atoms with van der Waals surface area (Å²) < 4.78 is 9.89. The lowest BCUT2D eigenvalue weighted by Gasteiger charge is -2.12. The van der Waals surface area contributed by atoms with Crippen molar-refractivity contribution in [2.75, 3.05) is 20.3 Å². The maximum Gasteiger partial charge on any atom is 0.340 e. The van der Waals surface area contributed by atoms with Gasteiger partial charge in [-0.25, -0.2) is 9.59 Å². The van der Waals surface area contributed by atoms with E-state index in [4.69, 9.17) is 9.47 Å². The highest BCUT2D eigenvalue weighted by Gasteiger charge is 2.15. The Kier molecular flexibility index (Phi) is 7.47. The molecule has 1 aromatic rings. The Morgan fingerprint density at radius 3 is 2.23 bits per heavy atom. The van der Waals surface area contributed by atoms with Gasteiger partial charge in [0.05, 0.1) is 24.5 Å². The summed E-state index contributed by atoms with van der Waals surface area (Å²) in [5.74, 6) is -1.01. The smallest absolute Gasteiger partial charge is 0.340 e. The lowest BCUT2D eigenvalue weighted by Crippen LogP contribution is -2.15. The second kappa shape index (κ2) is 9.39. The second-order valence-corrected chi connectivity index (χ2v) is 4.21. The standard InChI is InChI=1S/C17H21NO4/c1-4-21-15(19)12-11-14(17(20)22-5-2)16(18-3)13-9-7-6-8-10-13/h6-12,18H,4-5H2,1-3H3/b12-11+,16-14-. The number of ether oxygens (including phenoxy) is 2. The molecule has 0 aromatic heterocycles. The highest BCUT2D eigenvalue weighted by Crippen LogP contribution is 2.18. The van der Waals surface area contributed by atoms with E-state index in [1.165, 1.54) is 12.2 Å². The average Bonchev–Trinajstić information content (AvgIpc) is 2.52. The van der Waals surface area contributed by atoms with Crippen molar-refractivity contribution in [3.8, 4) is 0 Å². The SMILES string of the molecule is CCOC(=O)/C=C/C(C(=O)OCC)=C(/NC)c1ccccc1. The van der Waals surface area contributed by atoms with Gasteiger partial charge in [0.1, 0.15) is 0 Å². The molecule has 0 fully saturated rings. The van der Waals surface area contributed by atoms with Gasteiger partial charge in [0.2, 0.25) is 0 Å². The number of hydrogen-bond acceptors (Lipinski definition) is 5. The van der Waals surface area contributed by atoms with E-state index in [2.05, 4.69) is 5.32 Å². The molecule has 5 nitrogen and oxygen atoms in total. The fourth-order valence-corrected chi connectivity index (χ4v) is 1.84. The number of nitrogens with one attached hydrogen (secondary N) is 1. The number of esters is 2. The molecule has 0 atom stereocenters. The van der Waals surface area contributed by atoms with E-state index in [9.17, 15) is 9.59 Å². The van der Waals surface area contributed by atoms with Gasteiger partial charge in [0, 0.05) is 13.1 Å². The lowest BCUT2D eigenvalue weighted by molar-refractivity contribution is -0.138. The molecule has 0 amide bonds. The lowest BCUT2D eigenvalue weighted by atomic mass is 10.1. The van der Waals surface area contributed by atoms with Crippen LogP contribution in [0.5, 0.6) is 0 Å². The summed E-state index contributed by atoms with van der Waals surface area (Å²) >= 11 is 0. The van der Waals surface area contributed by atoms with Crippen LogP contribution in [-0.2, 0) is 19.1 Å². The molecule has 1 rings (SSSR count).